The molecule has 0 aliphatic heterocycles. The molecule has 3 N–H and O–H groups in total. The highest BCUT2D eigenvalue weighted by molar-refractivity contribution is 5.70. The molecule has 0 aromatic heterocycles. The number of aliphatic carboxylic acids is 1. The van der Waals surface area contributed by atoms with Gasteiger partial charge in [0.25, 0.3) is 0 Å². The van der Waals surface area contributed by atoms with E-state index in [0.29, 0.717) is 6.42 Å². The molecule has 4 heteroatoms. The van der Waals surface area contributed by atoms with Crippen molar-refractivity contribution in [3.63, 3.8) is 0 Å². The summed E-state index contributed by atoms with van der Waals surface area (Å²) in [4.78, 5) is 10.5. The van der Waals surface area contributed by atoms with Crippen LogP contribution in [0.5, 0.6) is 0 Å². The number of hydrogen-bond donors (Lipinski definition) is 3. The van der Waals surface area contributed by atoms with Crippen molar-refractivity contribution in [1.29, 1.82) is 0 Å². The zero-order chi connectivity index (χ0) is 11.8. The summed E-state index contributed by atoms with van der Waals surface area (Å²) in [6.45, 7) is 3.12. The third-order valence-corrected chi connectivity index (χ3v) is 1.93. The number of carboxylic acid groups (broad SMARTS) is 1. The van der Waals surface area contributed by atoms with E-state index in [-0.39, 0.29) is 0 Å². The summed E-state index contributed by atoms with van der Waals surface area (Å²) in [5.74, 6) is -1.84. The number of aliphatic hydroxyl groups excluding tert-OH is 2. The monoisotopic (exact) mass is 214 g/mol. The van der Waals surface area contributed by atoms with E-state index in [1.54, 1.807) is 25.2 Å². The van der Waals surface area contributed by atoms with Crippen molar-refractivity contribution in [3.8, 4) is 0 Å². The molecule has 0 bridgehead atoms. The van der Waals surface area contributed by atoms with E-state index < -0.39 is 24.1 Å². The predicted molar refractivity (Wildman–Crippen MR) is 57.4 cm³/mol. The van der Waals surface area contributed by atoms with Crippen LogP contribution in [0.25, 0.3) is 0 Å². The molecule has 86 valence electrons. The van der Waals surface area contributed by atoms with E-state index in [9.17, 15) is 9.90 Å². The van der Waals surface area contributed by atoms with Crippen LogP contribution in [0.3, 0.4) is 0 Å². The largest absolute Gasteiger partial charge is 0.481 e. The van der Waals surface area contributed by atoms with Crippen molar-refractivity contribution < 1.29 is 20.1 Å². The fourth-order valence-electron chi connectivity index (χ4n) is 0.845. The van der Waals surface area contributed by atoms with Gasteiger partial charge in [-0.25, -0.2) is 0 Å². The van der Waals surface area contributed by atoms with Crippen molar-refractivity contribution in [2.24, 2.45) is 5.92 Å². The Bertz CT molecular complexity index is 243. The molecule has 15 heavy (non-hydrogen) atoms. The maximum Gasteiger partial charge on any atom is 0.309 e. The van der Waals surface area contributed by atoms with Gasteiger partial charge in [-0.2, -0.15) is 0 Å². The van der Waals surface area contributed by atoms with E-state index in [0.717, 1.165) is 0 Å². The molecule has 0 saturated carbocycles. The standard InChI is InChI=1S/C11H18O4/c1-8(12)6-4-3-5-7-10(13)9(2)11(14)15/h3-5,7-10,12-13H,6H2,1-2H3,(H,14,15)/b4-3+,7-5+. The van der Waals surface area contributed by atoms with Crippen molar-refractivity contribution in [2.75, 3.05) is 0 Å². The van der Waals surface area contributed by atoms with E-state index >= 15 is 0 Å². The molecule has 0 saturated heterocycles. The number of allylic oxidation sites excluding steroid dienone is 2. The maximum absolute atomic E-state index is 10.5. The molecule has 0 spiro atoms. The number of hydrogen-bond acceptors (Lipinski definition) is 3. The second kappa shape index (κ2) is 7.20. The second-order valence-electron chi connectivity index (χ2n) is 3.52. The second-order valence-corrected chi connectivity index (χ2v) is 3.52. The average molecular weight is 214 g/mol. The Labute approximate surface area is 89.6 Å². The lowest BCUT2D eigenvalue weighted by atomic mass is 10.1. The number of carbonyl (C=O) groups is 1. The van der Waals surface area contributed by atoms with Gasteiger partial charge in [-0.05, 0) is 20.3 Å². The molecule has 0 rings (SSSR count). The van der Waals surface area contributed by atoms with Crippen molar-refractivity contribution in [2.45, 2.75) is 32.5 Å². The maximum atomic E-state index is 10.5. The Morgan fingerprint density at radius 1 is 1.27 bits per heavy atom. The fourth-order valence-corrected chi connectivity index (χ4v) is 0.845. The Hall–Kier alpha value is -1.13. The highest BCUT2D eigenvalue weighted by atomic mass is 16.4. The average Bonchev–Trinajstić information content (AvgIpc) is 2.15. The molecule has 0 heterocycles. The molecule has 0 aliphatic rings. The third-order valence-electron chi connectivity index (χ3n) is 1.93. The Kier molecular flexibility index (Phi) is 6.66. The van der Waals surface area contributed by atoms with Gasteiger partial charge in [0, 0.05) is 0 Å². The van der Waals surface area contributed by atoms with Gasteiger partial charge in [0.15, 0.2) is 0 Å². The minimum atomic E-state index is -1.03. The molecular formula is C11H18O4. The van der Waals surface area contributed by atoms with Crippen LogP contribution in [-0.2, 0) is 4.79 Å². The summed E-state index contributed by atoms with van der Waals surface area (Å²) in [7, 11) is 0. The van der Waals surface area contributed by atoms with E-state index in [1.807, 2.05) is 0 Å². The summed E-state index contributed by atoms with van der Waals surface area (Å²) >= 11 is 0. The highest BCUT2D eigenvalue weighted by Crippen LogP contribution is 2.04. The Balaban J connectivity index is 3.96. The van der Waals surface area contributed by atoms with Crippen LogP contribution >= 0.6 is 0 Å². The SMILES string of the molecule is CC(O)C/C=C/C=C/C(O)C(C)C(=O)O. The first kappa shape index (κ1) is 13.9. The van der Waals surface area contributed by atoms with Gasteiger partial charge in [0.1, 0.15) is 0 Å². The molecular weight excluding hydrogens is 196 g/mol. The predicted octanol–water partition coefficient (Wildman–Crippen LogP) is 0.951. The molecule has 0 aromatic rings. The lowest BCUT2D eigenvalue weighted by molar-refractivity contribution is -0.143. The highest BCUT2D eigenvalue weighted by Gasteiger charge is 2.17. The molecule has 3 unspecified atom stereocenters. The van der Waals surface area contributed by atoms with Gasteiger partial charge < -0.3 is 15.3 Å². The Morgan fingerprint density at radius 3 is 2.33 bits per heavy atom. The van der Waals surface area contributed by atoms with Crippen molar-refractivity contribution in [1.82, 2.24) is 0 Å². The van der Waals surface area contributed by atoms with Crippen molar-refractivity contribution in [3.05, 3.63) is 24.3 Å². The summed E-state index contributed by atoms with van der Waals surface area (Å²) in [5.41, 5.74) is 0. The van der Waals surface area contributed by atoms with Crippen molar-refractivity contribution >= 4 is 5.97 Å². The molecule has 4 nitrogen and oxygen atoms in total. The van der Waals surface area contributed by atoms with Crippen LogP contribution in [0.1, 0.15) is 20.3 Å². The number of carboxylic acids is 1. The van der Waals surface area contributed by atoms with E-state index in [4.69, 9.17) is 10.2 Å². The lowest BCUT2D eigenvalue weighted by Crippen LogP contribution is -2.23. The van der Waals surface area contributed by atoms with Gasteiger partial charge >= 0.3 is 5.97 Å². The molecule has 0 amide bonds. The first-order chi connectivity index (χ1) is 6.95. The summed E-state index contributed by atoms with van der Waals surface area (Å²) in [6, 6.07) is 0. The minimum absolute atomic E-state index is 0.391. The van der Waals surface area contributed by atoms with Gasteiger partial charge in [-0.3, -0.25) is 4.79 Å². The summed E-state index contributed by atoms with van der Waals surface area (Å²) < 4.78 is 0. The molecule has 0 aliphatic carbocycles. The van der Waals surface area contributed by atoms with Gasteiger partial charge in [-0.15, -0.1) is 0 Å². The normalized spacial score (nSPS) is 18.1. The zero-order valence-electron chi connectivity index (χ0n) is 9.00. The Morgan fingerprint density at radius 2 is 1.87 bits per heavy atom. The van der Waals surface area contributed by atoms with Gasteiger partial charge in [-0.1, -0.05) is 24.3 Å². The summed E-state index contributed by atoms with van der Waals surface area (Å²) in [6.07, 6.45) is 5.57. The quantitative estimate of drug-likeness (QED) is 0.575. The molecule has 0 fully saturated rings. The molecule has 0 aromatic carbocycles. The fraction of sp³-hybridized carbons (Fsp3) is 0.545. The topological polar surface area (TPSA) is 77.8 Å². The number of aliphatic hydroxyl groups is 2. The van der Waals surface area contributed by atoms with Crippen LogP contribution < -0.4 is 0 Å². The van der Waals surface area contributed by atoms with Gasteiger partial charge in [0.2, 0.25) is 0 Å². The number of rotatable bonds is 6. The third kappa shape index (κ3) is 6.88. The smallest absolute Gasteiger partial charge is 0.309 e. The first-order valence-electron chi connectivity index (χ1n) is 4.87. The van der Waals surface area contributed by atoms with Gasteiger partial charge in [0.05, 0.1) is 18.1 Å². The van der Waals surface area contributed by atoms with Crippen LogP contribution in [0.15, 0.2) is 24.3 Å². The summed E-state index contributed by atoms with van der Waals surface area (Å²) in [5, 5.41) is 26.8. The van der Waals surface area contributed by atoms with Crippen LogP contribution in [-0.4, -0.2) is 33.5 Å². The lowest BCUT2D eigenvalue weighted by Gasteiger charge is -2.09. The van der Waals surface area contributed by atoms with Crippen LogP contribution in [0.4, 0.5) is 0 Å². The molecule has 0 radical (unpaired) electrons. The first-order valence-corrected chi connectivity index (χ1v) is 4.87. The van der Waals surface area contributed by atoms with E-state index in [1.165, 1.54) is 13.0 Å². The van der Waals surface area contributed by atoms with E-state index in [2.05, 4.69) is 0 Å². The van der Waals surface area contributed by atoms with Crippen LogP contribution in [0.2, 0.25) is 0 Å². The minimum Gasteiger partial charge on any atom is -0.481 e. The molecule has 3 atom stereocenters. The van der Waals surface area contributed by atoms with Crippen LogP contribution in [0, 0.1) is 5.92 Å². The zero-order valence-corrected chi connectivity index (χ0v) is 9.00.